The molecular formula is C14H19FN2O2. The molecule has 2 aliphatic rings. The molecule has 5 heteroatoms. The molecule has 0 bridgehead atoms. The Hall–Kier alpha value is -1.20. The van der Waals surface area contributed by atoms with Crippen molar-refractivity contribution in [2.75, 3.05) is 19.6 Å². The van der Waals surface area contributed by atoms with Crippen LogP contribution in [0, 0.1) is 17.8 Å². The average Bonchev–Trinajstić information content (AvgIpc) is 2.93. The van der Waals surface area contributed by atoms with Crippen LogP contribution in [-0.4, -0.2) is 39.7 Å². The van der Waals surface area contributed by atoms with Crippen LogP contribution in [0.15, 0.2) is 12.1 Å². The van der Waals surface area contributed by atoms with Crippen LogP contribution in [0.4, 0.5) is 4.39 Å². The van der Waals surface area contributed by atoms with Crippen molar-refractivity contribution < 1.29 is 14.6 Å². The van der Waals surface area contributed by atoms with E-state index in [1.807, 2.05) is 0 Å². The van der Waals surface area contributed by atoms with Crippen molar-refractivity contribution >= 4 is 0 Å². The number of rotatable bonds is 3. The van der Waals surface area contributed by atoms with Crippen LogP contribution >= 0.6 is 0 Å². The maximum Gasteiger partial charge on any atom is 0.255 e. The predicted octanol–water partition coefficient (Wildman–Crippen LogP) is 1.69. The number of halogens is 1. The molecule has 19 heavy (non-hydrogen) atoms. The molecule has 2 heterocycles. The van der Waals surface area contributed by atoms with Crippen molar-refractivity contribution in [1.82, 2.24) is 9.88 Å². The van der Waals surface area contributed by atoms with Crippen molar-refractivity contribution in [2.45, 2.75) is 25.4 Å². The minimum absolute atomic E-state index is 0.285. The summed E-state index contributed by atoms with van der Waals surface area (Å²) in [6.07, 6.45) is 3.12. The first-order chi connectivity index (χ1) is 9.13. The van der Waals surface area contributed by atoms with Crippen LogP contribution in [0.1, 0.15) is 31.1 Å². The monoisotopic (exact) mass is 266 g/mol. The van der Waals surface area contributed by atoms with E-state index in [2.05, 4.69) is 9.88 Å². The Balaban J connectivity index is 1.62. The third kappa shape index (κ3) is 2.58. The molecule has 1 saturated heterocycles. The summed E-state index contributed by atoms with van der Waals surface area (Å²) in [6, 6.07) is 2.71. The van der Waals surface area contributed by atoms with Gasteiger partial charge in [0.2, 0.25) is 0 Å². The average molecular weight is 266 g/mol. The van der Waals surface area contributed by atoms with Gasteiger partial charge in [0.25, 0.3) is 5.95 Å². The second-order valence-corrected chi connectivity index (χ2v) is 5.73. The lowest BCUT2D eigenvalue weighted by Gasteiger charge is -2.20. The number of hydrogen-bond donors (Lipinski definition) is 2. The van der Waals surface area contributed by atoms with Gasteiger partial charge in [0.1, 0.15) is 6.10 Å². The van der Waals surface area contributed by atoms with Crippen LogP contribution in [-0.2, 0) is 0 Å². The fourth-order valence-electron chi connectivity index (χ4n) is 3.45. The summed E-state index contributed by atoms with van der Waals surface area (Å²) in [4.78, 5) is 5.84. The van der Waals surface area contributed by atoms with E-state index in [9.17, 15) is 9.50 Å². The molecule has 1 aromatic rings. The maximum atomic E-state index is 13.2. The van der Waals surface area contributed by atoms with E-state index in [0.717, 1.165) is 24.9 Å². The van der Waals surface area contributed by atoms with Gasteiger partial charge >= 0.3 is 0 Å². The number of likely N-dealkylation sites (tertiary alicyclic amines) is 1. The highest BCUT2D eigenvalue weighted by atomic mass is 19.1. The highest BCUT2D eigenvalue weighted by Crippen LogP contribution is 2.38. The number of pyridine rings is 1. The molecule has 0 aromatic carbocycles. The van der Waals surface area contributed by atoms with Crippen molar-refractivity contribution in [3.05, 3.63) is 23.8 Å². The molecule has 0 spiro atoms. The van der Waals surface area contributed by atoms with Gasteiger partial charge in [0, 0.05) is 19.6 Å². The topological polar surface area (TPSA) is 56.6 Å². The largest absolute Gasteiger partial charge is 0.504 e. The number of aromatic hydroxyl groups is 1. The number of aliphatic hydroxyl groups is 1. The van der Waals surface area contributed by atoms with Gasteiger partial charge in [-0.15, -0.1) is 0 Å². The molecule has 1 unspecified atom stereocenters. The van der Waals surface area contributed by atoms with E-state index >= 15 is 0 Å². The first-order valence-electron chi connectivity index (χ1n) is 6.89. The van der Waals surface area contributed by atoms with Crippen molar-refractivity contribution in [3.63, 3.8) is 0 Å². The Labute approximate surface area is 111 Å². The zero-order valence-electron chi connectivity index (χ0n) is 10.8. The third-order valence-corrected chi connectivity index (χ3v) is 4.43. The summed E-state index contributed by atoms with van der Waals surface area (Å²) in [5.41, 5.74) is 0.285. The minimum Gasteiger partial charge on any atom is -0.504 e. The first kappa shape index (κ1) is 12.8. The van der Waals surface area contributed by atoms with Crippen LogP contribution in [0.25, 0.3) is 0 Å². The van der Waals surface area contributed by atoms with E-state index < -0.39 is 17.8 Å². The molecule has 1 aromatic heterocycles. The lowest BCUT2D eigenvalue weighted by atomic mass is 10.0. The Morgan fingerprint density at radius 3 is 2.63 bits per heavy atom. The summed E-state index contributed by atoms with van der Waals surface area (Å²) in [7, 11) is 0. The van der Waals surface area contributed by atoms with Gasteiger partial charge in [-0.2, -0.15) is 4.39 Å². The molecule has 4 nitrogen and oxygen atoms in total. The molecule has 2 N–H and O–H groups in total. The standard InChI is InChI=1S/C14H19FN2O2/c15-14-12(18)5-4-11(16-14)13(19)8-17-6-9-2-1-3-10(9)7-17/h4-5,9-10,13,18-19H,1-3,6-8H2/t9-,10+,13?. The second kappa shape index (κ2) is 5.06. The van der Waals surface area contributed by atoms with Crippen LogP contribution < -0.4 is 0 Å². The van der Waals surface area contributed by atoms with Crippen LogP contribution in [0.3, 0.4) is 0 Å². The zero-order chi connectivity index (χ0) is 13.4. The van der Waals surface area contributed by atoms with E-state index in [1.54, 1.807) is 0 Å². The molecule has 1 aliphatic heterocycles. The fraction of sp³-hybridized carbons (Fsp3) is 0.643. The number of nitrogens with zero attached hydrogens (tertiary/aromatic N) is 2. The minimum atomic E-state index is -0.921. The zero-order valence-corrected chi connectivity index (χ0v) is 10.8. The Kier molecular flexibility index (Phi) is 3.41. The maximum absolute atomic E-state index is 13.2. The third-order valence-electron chi connectivity index (χ3n) is 4.43. The van der Waals surface area contributed by atoms with Gasteiger partial charge in [0.15, 0.2) is 5.75 Å². The lowest BCUT2D eigenvalue weighted by molar-refractivity contribution is 0.117. The molecule has 104 valence electrons. The van der Waals surface area contributed by atoms with Gasteiger partial charge in [-0.25, -0.2) is 4.98 Å². The fourth-order valence-corrected chi connectivity index (χ4v) is 3.45. The number of fused-ring (bicyclic) bond motifs is 1. The second-order valence-electron chi connectivity index (χ2n) is 5.73. The van der Waals surface area contributed by atoms with Gasteiger partial charge < -0.3 is 10.2 Å². The number of aromatic nitrogens is 1. The summed E-state index contributed by atoms with van der Waals surface area (Å²) in [6.45, 7) is 2.55. The predicted molar refractivity (Wildman–Crippen MR) is 68.1 cm³/mol. The normalized spacial score (nSPS) is 28.5. The van der Waals surface area contributed by atoms with E-state index in [-0.39, 0.29) is 5.69 Å². The van der Waals surface area contributed by atoms with E-state index in [1.165, 1.54) is 31.4 Å². The van der Waals surface area contributed by atoms with Crippen LogP contribution in [0.5, 0.6) is 5.75 Å². The number of β-amino-alcohol motifs (C(OH)–C–C–N with tert-alkyl or cyclic N) is 1. The van der Waals surface area contributed by atoms with Crippen LogP contribution in [0.2, 0.25) is 0 Å². The summed E-state index contributed by atoms with van der Waals surface area (Å²) in [5, 5.41) is 19.2. The molecule has 0 amide bonds. The molecule has 3 rings (SSSR count). The van der Waals surface area contributed by atoms with Crippen molar-refractivity contribution in [3.8, 4) is 5.75 Å². The van der Waals surface area contributed by atoms with Gasteiger partial charge in [-0.1, -0.05) is 6.42 Å². The molecule has 1 saturated carbocycles. The molecular weight excluding hydrogens is 247 g/mol. The Morgan fingerprint density at radius 1 is 1.32 bits per heavy atom. The SMILES string of the molecule is Oc1ccc(C(O)CN2C[C@H]3CCC[C@H]3C2)nc1F. The molecule has 1 aliphatic carbocycles. The Morgan fingerprint density at radius 2 is 2.00 bits per heavy atom. The highest BCUT2D eigenvalue weighted by Gasteiger charge is 2.36. The van der Waals surface area contributed by atoms with Gasteiger partial charge in [0.05, 0.1) is 5.69 Å². The van der Waals surface area contributed by atoms with E-state index in [0.29, 0.717) is 6.54 Å². The van der Waals surface area contributed by atoms with Gasteiger partial charge in [-0.3, -0.25) is 4.90 Å². The number of aliphatic hydroxyl groups excluding tert-OH is 1. The Bertz CT molecular complexity index is 457. The quantitative estimate of drug-likeness (QED) is 0.817. The van der Waals surface area contributed by atoms with E-state index in [4.69, 9.17) is 5.11 Å². The summed E-state index contributed by atoms with van der Waals surface area (Å²) < 4.78 is 13.2. The smallest absolute Gasteiger partial charge is 0.255 e. The first-order valence-corrected chi connectivity index (χ1v) is 6.89. The highest BCUT2D eigenvalue weighted by molar-refractivity contribution is 5.21. The lowest BCUT2D eigenvalue weighted by Crippen LogP contribution is -2.27. The number of hydrogen-bond acceptors (Lipinski definition) is 4. The summed E-state index contributed by atoms with van der Waals surface area (Å²) >= 11 is 0. The molecule has 2 fully saturated rings. The van der Waals surface area contributed by atoms with Crippen molar-refractivity contribution in [1.29, 1.82) is 0 Å². The molecule has 0 radical (unpaired) electrons. The molecule has 3 atom stereocenters. The summed E-state index contributed by atoms with van der Waals surface area (Å²) in [5.74, 6) is 0.148. The van der Waals surface area contributed by atoms with Crippen molar-refractivity contribution in [2.24, 2.45) is 11.8 Å². The van der Waals surface area contributed by atoms with Gasteiger partial charge in [-0.05, 0) is 36.8 Å².